The molecule has 18 heavy (non-hydrogen) atoms. The number of hydrogen-bond acceptors (Lipinski definition) is 2. The van der Waals surface area contributed by atoms with E-state index in [4.69, 9.17) is 0 Å². The molecule has 2 aromatic heterocycles. The SMILES string of the molecule is Cc1nc(C)c(C)[nH]1.c1ccc2ncccc2c1. The van der Waals surface area contributed by atoms with Crippen LogP contribution in [-0.2, 0) is 0 Å². The molecule has 2 heterocycles. The fourth-order valence-electron chi connectivity index (χ4n) is 1.74. The van der Waals surface area contributed by atoms with Crippen LogP contribution in [0.4, 0.5) is 0 Å². The minimum absolute atomic E-state index is 1.00. The highest BCUT2D eigenvalue weighted by atomic mass is 14.9. The smallest absolute Gasteiger partial charge is 0.103 e. The van der Waals surface area contributed by atoms with Crippen LogP contribution in [0.2, 0.25) is 0 Å². The van der Waals surface area contributed by atoms with Crippen LogP contribution in [-0.4, -0.2) is 15.0 Å². The average Bonchev–Trinajstić information content (AvgIpc) is 2.67. The molecule has 0 unspecified atom stereocenters. The molecule has 0 amide bonds. The molecule has 0 radical (unpaired) electrons. The molecular weight excluding hydrogens is 222 g/mol. The third kappa shape index (κ3) is 2.94. The number of aromatic nitrogens is 3. The molecular formula is C15H17N3. The number of nitrogens with one attached hydrogen (secondary N) is 1. The average molecular weight is 239 g/mol. The maximum absolute atomic E-state index is 4.18. The minimum atomic E-state index is 1.00. The standard InChI is InChI=1S/C9H7N.C6H10N2/c1-2-6-9-8(4-1)5-3-7-10-9;1-4-5(2)8-6(3)7-4/h1-7H;1-3H3,(H,7,8). The van der Waals surface area contributed by atoms with Gasteiger partial charge in [0.1, 0.15) is 5.82 Å². The van der Waals surface area contributed by atoms with Gasteiger partial charge in [-0.15, -0.1) is 0 Å². The zero-order valence-corrected chi connectivity index (χ0v) is 10.9. The Kier molecular flexibility index (Phi) is 3.72. The normalized spacial score (nSPS) is 9.94. The van der Waals surface area contributed by atoms with Crippen molar-refractivity contribution in [2.75, 3.05) is 0 Å². The molecule has 0 spiro atoms. The molecule has 0 fully saturated rings. The quantitative estimate of drug-likeness (QED) is 0.651. The third-order valence-corrected chi connectivity index (χ3v) is 2.76. The second kappa shape index (κ2) is 5.45. The Morgan fingerprint density at radius 2 is 1.67 bits per heavy atom. The largest absolute Gasteiger partial charge is 0.346 e. The summed E-state index contributed by atoms with van der Waals surface area (Å²) in [7, 11) is 0. The summed E-state index contributed by atoms with van der Waals surface area (Å²) in [6, 6.07) is 12.1. The first-order valence-electron chi connectivity index (χ1n) is 5.96. The van der Waals surface area contributed by atoms with Gasteiger partial charge in [0, 0.05) is 17.3 Å². The van der Waals surface area contributed by atoms with Crippen LogP contribution in [0, 0.1) is 20.8 Å². The summed E-state index contributed by atoms with van der Waals surface area (Å²) in [5, 5.41) is 1.20. The summed E-state index contributed by atoms with van der Waals surface area (Å²) in [5.41, 5.74) is 3.33. The van der Waals surface area contributed by atoms with Gasteiger partial charge in [-0.1, -0.05) is 24.3 Å². The third-order valence-electron chi connectivity index (χ3n) is 2.76. The first-order valence-corrected chi connectivity index (χ1v) is 5.96. The first-order chi connectivity index (χ1) is 8.66. The number of H-pyrrole nitrogens is 1. The van der Waals surface area contributed by atoms with Gasteiger partial charge in [-0.3, -0.25) is 4.98 Å². The number of pyridine rings is 1. The Morgan fingerprint density at radius 3 is 2.22 bits per heavy atom. The van der Waals surface area contributed by atoms with E-state index >= 15 is 0 Å². The molecule has 1 aromatic carbocycles. The van der Waals surface area contributed by atoms with Gasteiger partial charge in [0.15, 0.2) is 0 Å². The van der Waals surface area contributed by atoms with Crippen molar-refractivity contribution in [3.8, 4) is 0 Å². The maximum atomic E-state index is 4.18. The maximum Gasteiger partial charge on any atom is 0.103 e. The molecule has 0 bridgehead atoms. The molecule has 1 N–H and O–H groups in total. The highest BCUT2D eigenvalue weighted by Crippen LogP contribution is 2.07. The van der Waals surface area contributed by atoms with Gasteiger partial charge in [-0.05, 0) is 32.9 Å². The summed E-state index contributed by atoms with van der Waals surface area (Å²) >= 11 is 0. The van der Waals surface area contributed by atoms with Crippen molar-refractivity contribution in [3.63, 3.8) is 0 Å². The van der Waals surface area contributed by atoms with Crippen molar-refractivity contribution in [1.29, 1.82) is 0 Å². The summed E-state index contributed by atoms with van der Waals surface area (Å²) in [4.78, 5) is 11.4. The van der Waals surface area contributed by atoms with E-state index in [0.29, 0.717) is 0 Å². The van der Waals surface area contributed by atoms with Gasteiger partial charge in [0.2, 0.25) is 0 Å². The topological polar surface area (TPSA) is 41.6 Å². The number of aryl methyl sites for hydroxylation is 3. The number of aromatic amines is 1. The van der Waals surface area contributed by atoms with Gasteiger partial charge in [-0.2, -0.15) is 0 Å². The van der Waals surface area contributed by atoms with Crippen molar-refractivity contribution in [1.82, 2.24) is 15.0 Å². The number of hydrogen-bond donors (Lipinski definition) is 1. The highest BCUT2D eigenvalue weighted by Gasteiger charge is 1.93. The lowest BCUT2D eigenvalue weighted by molar-refractivity contribution is 1.12. The highest BCUT2D eigenvalue weighted by molar-refractivity contribution is 5.77. The molecule has 0 aliphatic heterocycles. The van der Waals surface area contributed by atoms with E-state index in [1.54, 1.807) is 0 Å². The van der Waals surface area contributed by atoms with Crippen molar-refractivity contribution in [3.05, 3.63) is 59.8 Å². The molecule has 92 valence electrons. The molecule has 3 heteroatoms. The van der Waals surface area contributed by atoms with E-state index < -0.39 is 0 Å². The van der Waals surface area contributed by atoms with Crippen LogP contribution in [0.5, 0.6) is 0 Å². The van der Waals surface area contributed by atoms with E-state index in [9.17, 15) is 0 Å². The molecule has 3 nitrogen and oxygen atoms in total. The summed E-state index contributed by atoms with van der Waals surface area (Å²) in [6.45, 7) is 5.98. The van der Waals surface area contributed by atoms with Gasteiger partial charge < -0.3 is 4.98 Å². The van der Waals surface area contributed by atoms with E-state index in [1.807, 2.05) is 51.2 Å². The van der Waals surface area contributed by atoms with Crippen LogP contribution in [0.1, 0.15) is 17.2 Å². The number of fused-ring (bicyclic) bond motifs is 1. The molecule has 0 aliphatic rings. The zero-order chi connectivity index (χ0) is 13.0. The van der Waals surface area contributed by atoms with E-state index in [-0.39, 0.29) is 0 Å². The fraction of sp³-hybridized carbons (Fsp3) is 0.200. The van der Waals surface area contributed by atoms with Crippen LogP contribution in [0.25, 0.3) is 10.9 Å². The zero-order valence-electron chi connectivity index (χ0n) is 10.9. The van der Waals surface area contributed by atoms with Crippen LogP contribution in [0.15, 0.2) is 42.6 Å². The monoisotopic (exact) mass is 239 g/mol. The van der Waals surface area contributed by atoms with E-state index in [1.165, 1.54) is 11.1 Å². The Bertz CT molecular complexity index is 556. The van der Waals surface area contributed by atoms with Gasteiger partial charge >= 0.3 is 0 Å². The molecule has 3 aromatic rings. The Labute approximate surface area is 107 Å². The summed E-state index contributed by atoms with van der Waals surface area (Å²) in [5.74, 6) is 1.00. The fourth-order valence-corrected chi connectivity index (χ4v) is 1.74. The minimum Gasteiger partial charge on any atom is -0.346 e. The number of para-hydroxylation sites is 1. The Morgan fingerprint density at radius 1 is 0.944 bits per heavy atom. The van der Waals surface area contributed by atoms with Crippen LogP contribution >= 0.6 is 0 Å². The molecule has 0 saturated heterocycles. The van der Waals surface area contributed by atoms with Gasteiger partial charge in [0.25, 0.3) is 0 Å². The van der Waals surface area contributed by atoms with Crippen LogP contribution in [0.3, 0.4) is 0 Å². The van der Waals surface area contributed by atoms with E-state index in [2.05, 4.69) is 27.1 Å². The van der Waals surface area contributed by atoms with Crippen molar-refractivity contribution in [2.45, 2.75) is 20.8 Å². The second-order valence-corrected chi connectivity index (χ2v) is 4.23. The van der Waals surface area contributed by atoms with Crippen LogP contribution < -0.4 is 0 Å². The number of rotatable bonds is 0. The van der Waals surface area contributed by atoms with Crippen molar-refractivity contribution < 1.29 is 0 Å². The molecule has 0 aliphatic carbocycles. The summed E-state index contributed by atoms with van der Waals surface area (Å²) in [6.07, 6.45) is 1.81. The predicted molar refractivity (Wildman–Crippen MR) is 74.5 cm³/mol. The molecule has 0 atom stereocenters. The predicted octanol–water partition coefficient (Wildman–Crippen LogP) is 3.57. The lowest BCUT2D eigenvalue weighted by Crippen LogP contribution is -1.73. The van der Waals surface area contributed by atoms with Gasteiger partial charge in [0.05, 0.1) is 11.2 Å². The van der Waals surface area contributed by atoms with Crippen molar-refractivity contribution in [2.24, 2.45) is 0 Å². The van der Waals surface area contributed by atoms with E-state index in [0.717, 1.165) is 17.0 Å². The summed E-state index contributed by atoms with van der Waals surface area (Å²) < 4.78 is 0. The lowest BCUT2D eigenvalue weighted by atomic mass is 10.2. The van der Waals surface area contributed by atoms with Gasteiger partial charge in [-0.25, -0.2) is 4.98 Å². The number of imidazole rings is 1. The Hall–Kier alpha value is -2.16. The number of benzene rings is 1. The first kappa shape index (κ1) is 12.3. The molecule has 0 saturated carbocycles. The lowest BCUT2D eigenvalue weighted by Gasteiger charge is -1.91. The van der Waals surface area contributed by atoms with Crippen molar-refractivity contribution >= 4 is 10.9 Å². The second-order valence-electron chi connectivity index (χ2n) is 4.23. The molecule has 3 rings (SSSR count). The number of nitrogens with zero attached hydrogens (tertiary/aromatic N) is 2. The Balaban J connectivity index is 0.000000138.